The Labute approximate surface area is 159 Å². The Morgan fingerprint density at radius 1 is 1.26 bits per heavy atom. The molecular weight excluding hydrogens is 348 g/mol. The first-order valence-electron chi connectivity index (χ1n) is 9.30. The Kier molecular flexibility index (Phi) is 6.18. The normalized spacial score (nSPS) is 18.9. The highest BCUT2D eigenvalue weighted by Crippen LogP contribution is 2.31. The first-order valence-corrected chi connectivity index (χ1v) is 9.30. The Morgan fingerprint density at radius 2 is 2.04 bits per heavy atom. The Morgan fingerprint density at radius 3 is 2.67 bits per heavy atom. The van der Waals surface area contributed by atoms with Gasteiger partial charge in [0.05, 0.1) is 19.4 Å². The lowest BCUT2D eigenvalue weighted by atomic mass is 9.79. The van der Waals surface area contributed by atoms with E-state index in [1.54, 1.807) is 37.3 Å². The lowest BCUT2D eigenvalue weighted by Crippen LogP contribution is -2.47. The quantitative estimate of drug-likeness (QED) is 0.660. The number of nitrogens with one attached hydrogen (secondary N) is 3. The number of nitrogens with zero attached hydrogens (tertiary/aromatic N) is 1. The van der Waals surface area contributed by atoms with Crippen LogP contribution in [-0.4, -0.2) is 65.5 Å². The summed E-state index contributed by atoms with van der Waals surface area (Å²) in [5.41, 5.74) is 1.07. The summed E-state index contributed by atoms with van der Waals surface area (Å²) in [6.45, 7) is 4.16. The molecule has 2 aliphatic rings. The topological polar surface area (TPSA) is 91.9 Å². The fourth-order valence-corrected chi connectivity index (χ4v) is 3.75. The van der Waals surface area contributed by atoms with E-state index in [1.165, 1.54) is 0 Å². The van der Waals surface area contributed by atoms with Gasteiger partial charge in [-0.2, -0.15) is 0 Å². The van der Waals surface area contributed by atoms with Gasteiger partial charge in [-0.05, 0) is 44.1 Å². The second-order valence-electron chi connectivity index (χ2n) is 7.14. The number of carbonyl (C=O) groups is 2. The smallest absolute Gasteiger partial charge is 0.322 e. The number of methoxy groups -OCH3 is 2. The molecule has 3 rings (SSSR count). The molecule has 0 unspecified atom stereocenters. The molecule has 0 atom stereocenters. The molecule has 0 bridgehead atoms. The standard InChI is InChI=1S/C19H28N4O4/c1-26-13-19(5-7-20-8-6-19)12-22-17(24)14-3-4-16(27-2)15(11-14)23-10-9-21-18(23)25/h3-4,11,20H,5-10,12-13H2,1-2H3,(H,21,25)(H,22,24). The van der Waals surface area contributed by atoms with Crippen molar-refractivity contribution in [3.8, 4) is 5.75 Å². The molecule has 3 amide bonds. The van der Waals surface area contributed by atoms with Crippen LogP contribution in [0.2, 0.25) is 0 Å². The summed E-state index contributed by atoms with van der Waals surface area (Å²) in [4.78, 5) is 26.4. The molecule has 0 saturated carbocycles. The van der Waals surface area contributed by atoms with E-state index in [1.807, 2.05) is 0 Å². The molecule has 2 aliphatic heterocycles. The molecule has 1 aromatic rings. The van der Waals surface area contributed by atoms with Gasteiger partial charge >= 0.3 is 6.03 Å². The van der Waals surface area contributed by atoms with Crippen LogP contribution in [0.15, 0.2) is 18.2 Å². The number of ether oxygens (including phenoxy) is 2. The van der Waals surface area contributed by atoms with E-state index in [0.717, 1.165) is 25.9 Å². The number of amides is 3. The Balaban J connectivity index is 1.73. The van der Waals surface area contributed by atoms with Gasteiger partial charge in [0.1, 0.15) is 5.75 Å². The highest BCUT2D eigenvalue weighted by molar-refractivity contribution is 5.99. The number of piperidine rings is 1. The zero-order valence-electron chi connectivity index (χ0n) is 16.0. The fraction of sp³-hybridized carbons (Fsp3) is 0.579. The summed E-state index contributed by atoms with van der Waals surface area (Å²) in [6, 6.07) is 4.98. The molecule has 3 N–H and O–H groups in total. The maximum atomic E-state index is 12.8. The molecule has 2 saturated heterocycles. The van der Waals surface area contributed by atoms with Crippen molar-refractivity contribution in [2.24, 2.45) is 5.41 Å². The Hall–Kier alpha value is -2.32. The van der Waals surface area contributed by atoms with Crippen molar-refractivity contribution in [3.05, 3.63) is 23.8 Å². The molecular formula is C19H28N4O4. The van der Waals surface area contributed by atoms with E-state index in [9.17, 15) is 9.59 Å². The van der Waals surface area contributed by atoms with Crippen molar-refractivity contribution in [2.45, 2.75) is 12.8 Å². The second kappa shape index (κ2) is 8.58. The van der Waals surface area contributed by atoms with Crippen LogP contribution in [0.25, 0.3) is 0 Å². The summed E-state index contributed by atoms with van der Waals surface area (Å²) >= 11 is 0. The highest BCUT2D eigenvalue weighted by Gasteiger charge is 2.33. The van der Waals surface area contributed by atoms with Crippen LogP contribution >= 0.6 is 0 Å². The van der Waals surface area contributed by atoms with Gasteiger partial charge in [0.25, 0.3) is 5.91 Å². The van der Waals surface area contributed by atoms with E-state index in [-0.39, 0.29) is 17.4 Å². The number of rotatable bonds is 7. The zero-order chi connectivity index (χ0) is 19.3. The molecule has 2 fully saturated rings. The number of hydrogen-bond donors (Lipinski definition) is 3. The summed E-state index contributed by atoms with van der Waals surface area (Å²) in [5, 5.41) is 9.17. The summed E-state index contributed by atoms with van der Waals surface area (Å²) < 4.78 is 10.8. The zero-order valence-corrected chi connectivity index (χ0v) is 16.0. The first-order chi connectivity index (χ1) is 13.1. The van der Waals surface area contributed by atoms with Gasteiger partial charge in [-0.3, -0.25) is 9.69 Å². The molecule has 0 aliphatic carbocycles. The predicted molar refractivity (Wildman–Crippen MR) is 102 cm³/mol. The molecule has 2 heterocycles. The number of urea groups is 1. The van der Waals surface area contributed by atoms with Gasteiger partial charge in [-0.15, -0.1) is 0 Å². The van der Waals surface area contributed by atoms with Gasteiger partial charge in [0.15, 0.2) is 0 Å². The van der Waals surface area contributed by atoms with Crippen molar-refractivity contribution >= 4 is 17.6 Å². The minimum atomic E-state index is -0.181. The van der Waals surface area contributed by atoms with Crippen molar-refractivity contribution in [3.63, 3.8) is 0 Å². The van der Waals surface area contributed by atoms with Crippen molar-refractivity contribution in [2.75, 3.05) is 58.5 Å². The molecule has 27 heavy (non-hydrogen) atoms. The Bertz CT molecular complexity index is 683. The van der Waals surface area contributed by atoms with E-state index in [4.69, 9.17) is 9.47 Å². The van der Waals surface area contributed by atoms with Gasteiger partial charge in [0.2, 0.25) is 0 Å². The largest absolute Gasteiger partial charge is 0.495 e. The lowest BCUT2D eigenvalue weighted by Gasteiger charge is -2.37. The van der Waals surface area contributed by atoms with Gasteiger partial charge in [-0.1, -0.05) is 0 Å². The highest BCUT2D eigenvalue weighted by atomic mass is 16.5. The summed E-state index contributed by atoms with van der Waals surface area (Å²) in [5.74, 6) is 0.408. The van der Waals surface area contributed by atoms with Crippen LogP contribution < -0.4 is 25.6 Å². The average Bonchev–Trinajstić information content (AvgIpc) is 3.12. The summed E-state index contributed by atoms with van der Waals surface area (Å²) in [6.07, 6.45) is 1.92. The van der Waals surface area contributed by atoms with Crippen molar-refractivity contribution in [1.82, 2.24) is 16.0 Å². The van der Waals surface area contributed by atoms with Gasteiger partial charge in [-0.25, -0.2) is 4.79 Å². The summed E-state index contributed by atoms with van der Waals surface area (Å²) in [7, 11) is 3.25. The molecule has 0 radical (unpaired) electrons. The second-order valence-corrected chi connectivity index (χ2v) is 7.14. The lowest BCUT2D eigenvalue weighted by molar-refractivity contribution is 0.0512. The van der Waals surface area contributed by atoms with E-state index in [0.29, 0.717) is 43.2 Å². The fourth-order valence-electron chi connectivity index (χ4n) is 3.75. The third kappa shape index (κ3) is 4.33. The number of anilines is 1. The molecule has 8 heteroatoms. The monoisotopic (exact) mass is 376 g/mol. The van der Waals surface area contributed by atoms with Gasteiger partial charge < -0.3 is 25.4 Å². The van der Waals surface area contributed by atoms with Crippen LogP contribution in [0.4, 0.5) is 10.5 Å². The van der Waals surface area contributed by atoms with Crippen molar-refractivity contribution < 1.29 is 19.1 Å². The third-order valence-electron chi connectivity index (χ3n) is 5.33. The van der Waals surface area contributed by atoms with Crippen LogP contribution in [0.5, 0.6) is 5.75 Å². The minimum absolute atomic E-state index is 0.0419. The maximum absolute atomic E-state index is 12.8. The van der Waals surface area contributed by atoms with E-state index < -0.39 is 0 Å². The SMILES string of the molecule is COCC1(CNC(=O)c2ccc(OC)c(N3CCNC3=O)c2)CCNCC1. The predicted octanol–water partition coefficient (Wildman–Crippen LogP) is 0.971. The van der Waals surface area contributed by atoms with Gasteiger partial charge in [0, 0.05) is 37.7 Å². The van der Waals surface area contributed by atoms with E-state index in [2.05, 4.69) is 16.0 Å². The molecule has 148 valence electrons. The first kappa shape index (κ1) is 19.4. The van der Waals surface area contributed by atoms with Crippen molar-refractivity contribution in [1.29, 1.82) is 0 Å². The van der Waals surface area contributed by atoms with E-state index >= 15 is 0 Å². The maximum Gasteiger partial charge on any atom is 0.322 e. The molecule has 8 nitrogen and oxygen atoms in total. The number of hydrogen-bond acceptors (Lipinski definition) is 5. The third-order valence-corrected chi connectivity index (χ3v) is 5.33. The molecule has 0 spiro atoms. The molecule has 1 aromatic carbocycles. The minimum Gasteiger partial charge on any atom is -0.495 e. The molecule has 0 aromatic heterocycles. The number of carbonyl (C=O) groups excluding carboxylic acids is 2. The van der Waals surface area contributed by atoms with Crippen LogP contribution in [0.3, 0.4) is 0 Å². The van der Waals surface area contributed by atoms with Crippen LogP contribution in [0, 0.1) is 5.41 Å². The van der Waals surface area contributed by atoms with Crippen LogP contribution in [-0.2, 0) is 4.74 Å². The average molecular weight is 376 g/mol. The van der Waals surface area contributed by atoms with Crippen LogP contribution in [0.1, 0.15) is 23.2 Å². The number of benzene rings is 1.